The number of thiazole rings is 1. The van der Waals surface area contributed by atoms with Crippen LogP contribution >= 0.6 is 11.3 Å². The van der Waals surface area contributed by atoms with E-state index in [-0.39, 0.29) is 18.5 Å². The predicted molar refractivity (Wildman–Crippen MR) is 83.6 cm³/mol. The molecule has 1 N–H and O–H groups in total. The number of amides is 1. The molecule has 0 fully saturated rings. The van der Waals surface area contributed by atoms with Gasteiger partial charge in [-0.05, 0) is 20.3 Å². The third kappa shape index (κ3) is 5.09. The van der Waals surface area contributed by atoms with Crippen molar-refractivity contribution >= 4 is 28.3 Å². The molecule has 1 unspecified atom stereocenters. The highest BCUT2D eigenvalue weighted by Gasteiger charge is 2.19. The molecule has 1 amide bonds. The maximum absolute atomic E-state index is 11.5. The number of nitrogens with zero attached hydrogens (tertiary/aromatic N) is 3. The zero-order valence-corrected chi connectivity index (χ0v) is 13.8. The van der Waals surface area contributed by atoms with Gasteiger partial charge in [-0.3, -0.25) is 19.4 Å². The van der Waals surface area contributed by atoms with E-state index in [0.717, 1.165) is 12.1 Å². The van der Waals surface area contributed by atoms with Crippen molar-refractivity contribution in [2.24, 2.45) is 0 Å². The summed E-state index contributed by atoms with van der Waals surface area (Å²) in [5, 5.41) is 11.6. The number of anilines is 1. The van der Waals surface area contributed by atoms with Crippen molar-refractivity contribution in [2.75, 3.05) is 18.0 Å². The molecule has 0 aromatic carbocycles. The number of hydrogen-bond donors (Lipinski definition) is 1. The standard InChI is InChI=1S/C14H23N3O3S/c1-5-10(3)16(8-13(19)20)7-12-9-21-14(15-12)17(6-2)11(4)18/h9-10H,5-8H2,1-4H3,(H,19,20). The molecule has 0 aliphatic heterocycles. The van der Waals surface area contributed by atoms with E-state index >= 15 is 0 Å². The van der Waals surface area contributed by atoms with E-state index in [1.807, 2.05) is 31.1 Å². The van der Waals surface area contributed by atoms with Gasteiger partial charge in [-0.25, -0.2) is 4.98 Å². The molecule has 6 nitrogen and oxygen atoms in total. The molecule has 7 heteroatoms. The minimum Gasteiger partial charge on any atom is -0.480 e. The van der Waals surface area contributed by atoms with Crippen LogP contribution in [0.1, 0.15) is 39.8 Å². The average Bonchev–Trinajstić information content (AvgIpc) is 2.85. The molecular formula is C14H23N3O3S. The molecule has 1 rings (SSSR count). The third-order valence-corrected chi connectivity index (χ3v) is 4.30. The molecule has 0 aliphatic carbocycles. The quantitative estimate of drug-likeness (QED) is 0.796. The van der Waals surface area contributed by atoms with Gasteiger partial charge in [0, 0.05) is 31.4 Å². The van der Waals surface area contributed by atoms with Gasteiger partial charge in [-0.1, -0.05) is 6.92 Å². The molecule has 0 spiro atoms. The van der Waals surface area contributed by atoms with Gasteiger partial charge in [-0.15, -0.1) is 11.3 Å². The van der Waals surface area contributed by atoms with E-state index in [1.54, 1.807) is 4.90 Å². The van der Waals surface area contributed by atoms with Crippen molar-refractivity contribution < 1.29 is 14.7 Å². The molecule has 1 heterocycles. The molecule has 1 aromatic rings. The molecule has 0 radical (unpaired) electrons. The van der Waals surface area contributed by atoms with Crippen LogP contribution in [0.2, 0.25) is 0 Å². The number of aromatic nitrogens is 1. The van der Waals surface area contributed by atoms with Gasteiger partial charge >= 0.3 is 5.97 Å². The highest BCUT2D eigenvalue weighted by molar-refractivity contribution is 7.14. The van der Waals surface area contributed by atoms with E-state index < -0.39 is 5.97 Å². The van der Waals surface area contributed by atoms with E-state index in [4.69, 9.17) is 5.11 Å². The Morgan fingerprint density at radius 1 is 1.43 bits per heavy atom. The third-order valence-electron chi connectivity index (χ3n) is 3.38. The summed E-state index contributed by atoms with van der Waals surface area (Å²) in [4.78, 5) is 30.4. The summed E-state index contributed by atoms with van der Waals surface area (Å²) in [7, 11) is 0. The Balaban J connectivity index is 2.83. The Morgan fingerprint density at radius 2 is 2.10 bits per heavy atom. The zero-order chi connectivity index (χ0) is 16.0. The maximum atomic E-state index is 11.5. The summed E-state index contributed by atoms with van der Waals surface area (Å²) < 4.78 is 0. The molecule has 21 heavy (non-hydrogen) atoms. The second-order valence-corrected chi connectivity index (χ2v) is 5.78. The molecule has 0 bridgehead atoms. The lowest BCUT2D eigenvalue weighted by atomic mass is 10.2. The summed E-state index contributed by atoms with van der Waals surface area (Å²) in [5.41, 5.74) is 0.802. The first-order valence-corrected chi connectivity index (χ1v) is 7.95. The Kier molecular flexibility index (Phi) is 6.77. The van der Waals surface area contributed by atoms with Gasteiger partial charge in [0.1, 0.15) is 0 Å². The van der Waals surface area contributed by atoms with Crippen molar-refractivity contribution in [3.63, 3.8) is 0 Å². The first kappa shape index (κ1) is 17.6. The lowest BCUT2D eigenvalue weighted by molar-refractivity contribution is -0.139. The van der Waals surface area contributed by atoms with Crippen molar-refractivity contribution in [2.45, 2.75) is 46.7 Å². The Hall–Kier alpha value is -1.47. The van der Waals surface area contributed by atoms with Gasteiger partial charge in [0.15, 0.2) is 5.13 Å². The molecule has 1 atom stereocenters. The topological polar surface area (TPSA) is 73.7 Å². The van der Waals surface area contributed by atoms with Gasteiger partial charge in [0.25, 0.3) is 0 Å². The van der Waals surface area contributed by atoms with Crippen LogP contribution in [-0.4, -0.2) is 46.0 Å². The predicted octanol–water partition coefficient (Wildman–Crippen LogP) is 2.20. The maximum Gasteiger partial charge on any atom is 0.317 e. The Morgan fingerprint density at radius 3 is 2.57 bits per heavy atom. The van der Waals surface area contributed by atoms with Crippen LogP contribution in [0.4, 0.5) is 5.13 Å². The average molecular weight is 313 g/mol. The van der Waals surface area contributed by atoms with Gasteiger partial charge in [-0.2, -0.15) is 0 Å². The van der Waals surface area contributed by atoms with E-state index in [2.05, 4.69) is 4.98 Å². The molecule has 0 aliphatic rings. The van der Waals surface area contributed by atoms with Crippen molar-refractivity contribution in [3.05, 3.63) is 11.1 Å². The summed E-state index contributed by atoms with van der Waals surface area (Å²) >= 11 is 1.41. The SMILES string of the molecule is CCC(C)N(CC(=O)O)Cc1csc(N(CC)C(C)=O)n1. The largest absolute Gasteiger partial charge is 0.480 e. The molecule has 1 aromatic heterocycles. The summed E-state index contributed by atoms with van der Waals surface area (Å²) in [6.07, 6.45) is 0.874. The second kappa shape index (κ2) is 8.09. The van der Waals surface area contributed by atoms with Crippen LogP contribution < -0.4 is 4.90 Å². The van der Waals surface area contributed by atoms with Gasteiger partial charge in [0.2, 0.25) is 5.91 Å². The van der Waals surface area contributed by atoms with Crippen LogP contribution in [0.25, 0.3) is 0 Å². The fraction of sp³-hybridized carbons (Fsp3) is 0.643. The second-order valence-electron chi connectivity index (χ2n) is 4.94. The lowest BCUT2D eigenvalue weighted by Gasteiger charge is -2.25. The van der Waals surface area contributed by atoms with E-state index in [0.29, 0.717) is 18.2 Å². The molecular weight excluding hydrogens is 290 g/mol. The normalized spacial score (nSPS) is 12.4. The van der Waals surface area contributed by atoms with Crippen molar-refractivity contribution in [3.8, 4) is 0 Å². The number of carboxylic acids is 1. The fourth-order valence-electron chi connectivity index (χ4n) is 1.99. The number of carboxylic acid groups (broad SMARTS) is 1. The molecule has 0 saturated carbocycles. The summed E-state index contributed by atoms with van der Waals surface area (Å²) in [6, 6.07) is 0.168. The monoisotopic (exact) mass is 313 g/mol. The van der Waals surface area contributed by atoms with E-state index in [9.17, 15) is 9.59 Å². The first-order valence-electron chi connectivity index (χ1n) is 7.07. The highest BCUT2D eigenvalue weighted by Crippen LogP contribution is 2.22. The Bertz CT molecular complexity index is 490. The summed E-state index contributed by atoms with van der Waals surface area (Å²) in [5.74, 6) is -0.882. The van der Waals surface area contributed by atoms with Gasteiger partial charge in [0.05, 0.1) is 12.2 Å². The van der Waals surface area contributed by atoms with Crippen LogP contribution in [0.3, 0.4) is 0 Å². The first-order chi connectivity index (χ1) is 9.88. The number of hydrogen-bond acceptors (Lipinski definition) is 5. The summed E-state index contributed by atoms with van der Waals surface area (Å²) in [6.45, 7) is 8.50. The number of carbonyl (C=O) groups excluding carboxylic acids is 1. The van der Waals surface area contributed by atoms with Crippen molar-refractivity contribution in [1.82, 2.24) is 9.88 Å². The lowest BCUT2D eigenvalue weighted by Crippen LogP contribution is -2.36. The minimum atomic E-state index is -0.843. The highest BCUT2D eigenvalue weighted by atomic mass is 32.1. The van der Waals surface area contributed by atoms with E-state index in [1.165, 1.54) is 18.3 Å². The van der Waals surface area contributed by atoms with Crippen LogP contribution in [0.5, 0.6) is 0 Å². The number of rotatable bonds is 8. The minimum absolute atomic E-state index is 0.00787. The van der Waals surface area contributed by atoms with Gasteiger partial charge < -0.3 is 5.11 Å². The van der Waals surface area contributed by atoms with Crippen LogP contribution in [0.15, 0.2) is 5.38 Å². The molecule has 0 saturated heterocycles. The smallest absolute Gasteiger partial charge is 0.317 e. The van der Waals surface area contributed by atoms with Crippen LogP contribution in [-0.2, 0) is 16.1 Å². The number of carbonyl (C=O) groups is 2. The number of aliphatic carboxylic acids is 1. The zero-order valence-electron chi connectivity index (χ0n) is 13.0. The van der Waals surface area contributed by atoms with Crippen molar-refractivity contribution in [1.29, 1.82) is 0 Å². The fourth-order valence-corrected chi connectivity index (χ4v) is 2.92. The van der Waals surface area contributed by atoms with Crippen LogP contribution in [0, 0.1) is 0 Å². The molecule has 118 valence electrons. The Labute approximate surface area is 129 Å².